The highest BCUT2D eigenvalue weighted by Gasteiger charge is 2.15. The molecule has 2 aromatic rings. The van der Waals surface area contributed by atoms with Crippen LogP contribution in [0.4, 0.5) is 4.79 Å². The molecule has 1 aromatic carbocycles. The van der Waals surface area contributed by atoms with E-state index < -0.39 is 11.7 Å². The Balaban J connectivity index is 1.65. The number of alkyl carbamates (subject to hydrolysis) is 1. The summed E-state index contributed by atoms with van der Waals surface area (Å²) in [6.07, 6.45) is 4.04. The predicted octanol–water partition coefficient (Wildman–Crippen LogP) is 2.45. The Hall–Kier alpha value is -3.03. The number of benzene rings is 1. The molecule has 0 radical (unpaired) electrons. The third kappa shape index (κ3) is 7.69. The number of carbonyl (C=O) groups is 1. The first-order chi connectivity index (χ1) is 13.4. The minimum atomic E-state index is -0.481. The Bertz CT molecular complexity index is 748. The van der Waals surface area contributed by atoms with E-state index in [0.717, 1.165) is 17.7 Å². The minimum Gasteiger partial charge on any atom is -0.444 e. The van der Waals surface area contributed by atoms with E-state index in [1.54, 1.807) is 13.2 Å². The molecule has 1 aromatic heterocycles. The van der Waals surface area contributed by atoms with Gasteiger partial charge in [0.1, 0.15) is 5.60 Å². The molecule has 0 fully saturated rings. The van der Waals surface area contributed by atoms with E-state index in [2.05, 4.69) is 38.2 Å². The average Bonchev–Trinajstić information content (AvgIpc) is 3.17. The highest BCUT2D eigenvalue weighted by Crippen LogP contribution is 2.08. The topological polar surface area (TPSA) is 92.6 Å². The average molecular weight is 387 g/mol. The standard InChI is InChI=1S/C20H30N6O2/c1-20(2,3)28-19(27)23-12-5-11-22-18(21-4)24-15-16-7-9-17(10-8-16)26-14-6-13-25-26/h6-10,13-14H,5,11-12,15H2,1-4H3,(H,23,27)(H2,21,22,24). The first kappa shape index (κ1) is 21.3. The number of amides is 1. The molecule has 1 heterocycles. The van der Waals surface area contributed by atoms with E-state index in [1.807, 2.05) is 49.8 Å². The minimum absolute atomic E-state index is 0.395. The maximum Gasteiger partial charge on any atom is 0.407 e. The van der Waals surface area contributed by atoms with Gasteiger partial charge in [0, 0.05) is 39.1 Å². The van der Waals surface area contributed by atoms with Crippen LogP contribution in [0, 0.1) is 0 Å². The second-order valence-corrected chi connectivity index (χ2v) is 7.25. The fourth-order valence-corrected chi connectivity index (χ4v) is 2.39. The number of ether oxygens (including phenoxy) is 1. The zero-order chi connectivity index (χ0) is 20.4. The predicted molar refractivity (Wildman–Crippen MR) is 111 cm³/mol. The van der Waals surface area contributed by atoms with Crippen LogP contribution in [0.5, 0.6) is 0 Å². The van der Waals surface area contributed by atoms with Crippen molar-refractivity contribution in [2.45, 2.75) is 39.3 Å². The zero-order valence-electron chi connectivity index (χ0n) is 17.0. The molecule has 0 saturated carbocycles. The molecule has 152 valence electrons. The number of aliphatic imine (C=N–C) groups is 1. The van der Waals surface area contributed by atoms with Crippen molar-refractivity contribution in [1.29, 1.82) is 0 Å². The van der Waals surface area contributed by atoms with Gasteiger partial charge < -0.3 is 20.7 Å². The maximum absolute atomic E-state index is 11.6. The number of rotatable bonds is 7. The van der Waals surface area contributed by atoms with E-state index in [9.17, 15) is 4.79 Å². The number of guanidine groups is 1. The van der Waals surface area contributed by atoms with Gasteiger partial charge in [-0.2, -0.15) is 5.10 Å². The molecule has 2 rings (SSSR count). The Labute approximate surface area is 166 Å². The maximum atomic E-state index is 11.6. The Morgan fingerprint density at radius 1 is 1.14 bits per heavy atom. The van der Waals surface area contributed by atoms with E-state index >= 15 is 0 Å². The van der Waals surface area contributed by atoms with Crippen LogP contribution in [0.1, 0.15) is 32.8 Å². The third-order valence-corrected chi connectivity index (χ3v) is 3.70. The van der Waals surface area contributed by atoms with Gasteiger partial charge in [-0.05, 0) is 51.0 Å². The van der Waals surface area contributed by atoms with Crippen molar-refractivity contribution in [1.82, 2.24) is 25.7 Å². The normalized spacial score (nSPS) is 11.8. The van der Waals surface area contributed by atoms with Crippen molar-refractivity contribution in [2.75, 3.05) is 20.1 Å². The summed E-state index contributed by atoms with van der Waals surface area (Å²) in [4.78, 5) is 15.8. The van der Waals surface area contributed by atoms with Crippen LogP contribution in [0.15, 0.2) is 47.7 Å². The summed E-state index contributed by atoms with van der Waals surface area (Å²) in [5, 5.41) is 13.5. The number of hydrogen-bond donors (Lipinski definition) is 3. The largest absolute Gasteiger partial charge is 0.444 e. The van der Waals surface area contributed by atoms with Gasteiger partial charge >= 0.3 is 6.09 Å². The summed E-state index contributed by atoms with van der Waals surface area (Å²) in [5.74, 6) is 0.716. The smallest absolute Gasteiger partial charge is 0.407 e. The van der Waals surface area contributed by atoms with Crippen LogP contribution in [0.3, 0.4) is 0 Å². The van der Waals surface area contributed by atoms with Gasteiger partial charge in [0.25, 0.3) is 0 Å². The van der Waals surface area contributed by atoms with Crippen molar-refractivity contribution >= 4 is 12.1 Å². The summed E-state index contributed by atoms with van der Waals surface area (Å²) in [6, 6.07) is 10.1. The summed E-state index contributed by atoms with van der Waals surface area (Å²) >= 11 is 0. The molecule has 8 nitrogen and oxygen atoms in total. The van der Waals surface area contributed by atoms with Crippen LogP contribution in [-0.2, 0) is 11.3 Å². The number of hydrogen-bond acceptors (Lipinski definition) is 4. The van der Waals surface area contributed by atoms with Crippen molar-refractivity contribution in [3.05, 3.63) is 48.3 Å². The summed E-state index contributed by atoms with van der Waals surface area (Å²) in [7, 11) is 1.73. The van der Waals surface area contributed by atoms with Crippen LogP contribution < -0.4 is 16.0 Å². The second-order valence-electron chi connectivity index (χ2n) is 7.25. The SMILES string of the molecule is CN=C(NCCCNC(=O)OC(C)(C)C)NCc1ccc(-n2cccn2)cc1. The monoisotopic (exact) mass is 386 g/mol. The first-order valence-corrected chi connectivity index (χ1v) is 9.38. The molecule has 0 spiro atoms. The molecule has 28 heavy (non-hydrogen) atoms. The lowest BCUT2D eigenvalue weighted by Gasteiger charge is -2.19. The number of aromatic nitrogens is 2. The van der Waals surface area contributed by atoms with Crippen LogP contribution in [0.25, 0.3) is 5.69 Å². The van der Waals surface area contributed by atoms with Crippen LogP contribution in [0.2, 0.25) is 0 Å². The summed E-state index contributed by atoms with van der Waals surface area (Å²) in [6.45, 7) is 7.41. The van der Waals surface area contributed by atoms with Crippen molar-refractivity contribution in [3.8, 4) is 5.69 Å². The highest BCUT2D eigenvalue weighted by atomic mass is 16.6. The van der Waals surface area contributed by atoms with Crippen molar-refractivity contribution in [2.24, 2.45) is 4.99 Å². The Kier molecular flexibility index (Phi) is 7.86. The van der Waals surface area contributed by atoms with Gasteiger partial charge in [-0.15, -0.1) is 0 Å². The van der Waals surface area contributed by atoms with E-state index in [-0.39, 0.29) is 0 Å². The lowest BCUT2D eigenvalue weighted by atomic mass is 10.2. The molecule has 0 saturated heterocycles. The lowest BCUT2D eigenvalue weighted by molar-refractivity contribution is 0.0527. The van der Waals surface area contributed by atoms with E-state index in [1.165, 1.54) is 0 Å². The molecular formula is C20H30N6O2. The van der Waals surface area contributed by atoms with Gasteiger partial charge in [-0.3, -0.25) is 4.99 Å². The Morgan fingerprint density at radius 3 is 2.46 bits per heavy atom. The molecule has 0 atom stereocenters. The van der Waals surface area contributed by atoms with Crippen molar-refractivity contribution < 1.29 is 9.53 Å². The van der Waals surface area contributed by atoms with Crippen LogP contribution in [-0.4, -0.2) is 47.6 Å². The lowest BCUT2D eigenvalue weighted by Crippen LogP contribution is -2.39. The highest BCUT2D eigenvalue weighted by molar-refractivity contribution is 5.79. The van der Waals surface area contributed by atoms with E-state index in [0.29, 0.717) is 25.6 Å². The fraction of sp³-hybridized carbons (Fsp3) is 0.450. The van der Waals surface area contributed by atoms with Gasteiger partial charge in [0.2, 0.25) is 0 Å². The second kappa shape index (κ2) is 10.3. The van der Waals surface area contributed by atoms with E-state index in [4.69, 9.17) is 4.74 Å². The van der Waals surface area contributed by atoms with Gasteiger partial charge in [-0.25, -0.2) is 9.48 Å². The molecule has 8 heteroatoms. The fourth-order valence-electron chi connectivity index (χ4n) is 2.39. The van der Waals surface area contributed by atoms with Gasteiger partial charge in [-0.1, -0.05) is 12.1 Å². The summed E-state index contributed by atoms with van der Waals surface area (Å²) in [5.41, 5.74) is 1.68. The Morgan fingerprint density at radius 2 is 1.86 bits per heavy atom. The molecule has 0 aliphatic carbocycles. The van der Waals surface area contributed by atoms with Crippen LogP contribution >= 0.6 is 0 Å². The number of nitrogens with zero attached hydrogens (tertiary/aromatic N) is 3. The molecule has 1 amide bonds. The molecule has 0 aliphatic rings. The first-order valence-electron chi connectivity index (χ1n) is 9.38. The number of carbonyl (C=O) groups excluding carboxylic acids is 1. The van der Waals surface area contributed by atoms with Gasteiger partial charge in [0.05, 0.1) is 5.69 Å². The molecule has 0 unspecified atom stereocenters. The molecule has 0 bridgehead atoms. The number of nitrogens with one attached hydrogen (secondary N) is 3. The third-order valence-electron chi connectivity index (χ3n) is 3.70. The van der Waals surface area contributed by atoms with Gasteiger partial charge in [0.15, 0.2) is 5.96 Å². The molecule has 3 N–H and O–H groups in total. The molecular weight excluding hydrogens is 356 g/mol. The summed E-state index contributed by atoms with van der Waals surface area (Å²) < 4.78 is 7.02. The van der Waals surface area contributed by atoms with Crippen molar-refractivity contribution in [3.63, 3.8) is 0 Å². The quantitative estimate of drug-likeness (QED) is 0.386. The molecule has 0 aliphatic heterocycles. The zero-order valence-corrected chi connectivity index (χ0v) is 17.0.